The molecule has 0 amide bonds. The molecular formula is C20H31IN4OS. The molecule has 27 heavy (non-hydrogen) atoms. The second-order valence-corrected chi connectivity index (χ2v) is 6.71. The van der Waals surface area contributed by atoms with Gasteiger partial charge in [-0.3, -0.25) is 4.99 Å². The Hall–Kier alpha value is -1.32. The van der Waals surface area contributed by atoms with Crippen LogP contribution in [-0.4, -0.2) is 44.1 Å². The van der Waals surface area contributed by atoms with Crippen LogP contribution in [0.2, 0.25) is 0 Å². The number of rotatable bonds is 10. The second-order valence-electron chi connectivity index (χ2n) is 5.93. The average molecular weight is 502 g/mol. The molecule has 0 aliphatic carbocycles. The molecule has 7 heteroatoms. The first kappa shape index (κ1) is 23.7. The zero-order chi connectivity index (χ0) is 18.6. The van der Waals surface area contributed by atoms with Crippen molar-refractivity contribution in [2.75, 3.05) is 33.3 Å². The largest absolute Gasteiger partial charge is 0.492 e. The second kappa shape index (κ2) is 13.8. The Bertz CT molecular complexity index is 643. The Balaban J connectivity index is 0.00000364. The van der Waals surface area contributed by atoms with E-state index in [9.17, 15) is 0 Å². The monoisotopic (exact) mass is 502 g/mol. The summed E-state index contributed by atoms with van der Waals surface area (Å²) in [5.74, 6) is 1.72. The smallest absolute Gasteiger partial charge is 0.191 e. The highest BCUT2D eigenvalue weighted by molar-refractivity contribution is 14.0. The SMILES string of the molecule is CCN(CC)CCOc1ccc(CNC(=NC)NCc2ccsc2)cc1.I. The lowest BCUT2D eigenvalue weighted by Crippen LogP contribution is -2.36. The van der Waals surface area contributed by atoms with Gasteiger partial charge in [0, 0.05) is 26.7 Å². The molecule has 0 saturated heterocycles. The summed E-state index contributed by atoms with van der Waals surface area (Å²) in [5.41, 5.74) is 2.46. The molecule has 0 bridgehead atoms. The molecule has 0 radical (unpaired) electrons. The summed E-state index contributed by atoms with van der Waals surface area (Å²) < 4.78 is 5.82. The molecule has 1 aromatic carbocycles. The van der Waals surface area contributed by atoms with E-state index < -0.39 is 0 Å². The third-order valence-corrected chi connectivity index (χ3v) is 4.95. The van der Waals surface area contributed by atoms with Gasteiger partial charge in [0.2, 0.25) is 0 Å². The van der Waals surface area contributed by atoms with E-state index in [-0.39, 0.29) is 24.0 Å². The molecule has 5 nitrogen and oxygen atoms in total. The van der Waals surface area contributed by atoms with E-state index in [1.54, 1.807) is 18.4 Å². The van der Waals surface area contributed by atoms with Crippen LogP contribution in [0.4, 0.5) is 0 Å². The normalized spacial score (nSPS) is 11.2. The van der Waals surface area contributed by atoms with E-state index in [1.165, 1.54) is 11.1 Å². The number of hydrogen-bond donors (Lipinski definition) is 2. The molecule has 0 aliphatic heterocycles. The maximum atomic E-state index is 5.82. The van der Waals surface area contributed by atoms with E-state index in [0.29, 0.717) is 0 Å². The minimum absolute atomic E-state index is 0. The summed E-state index contributed by atoms with van der Waals surface area (Å²) in [4.78, 5) is 6.62. The molecule has 2 rings (SSSR count). The quantitative estimate of drug-likeness (QED) is 0.294. The van der Waals surface area contributed by atoms with Gasteiger partial charge in [0.25, 0.3) is 0 Å². The van der Waals surface area contributed by atoms with Crippen molar-refractivity contribution in [1.29, 1.82) is 0 Å². The number of thiophene rings is 1. The number of nitrogens with one attached hydrogen (secondary N) is 2. The molecule has 1 aromatic heterocycles. The van der Waals surface area contributed by atoms with Crippen molar-refractivity contribution in [3.63, 3.8) is 0 Å². The molecule has 2 aromatic rings. The lowest BCUT2D eigenvalue weighted by atomic mass is 10.2. The maximum Gasteiger partial charge on any atom is 0.191 e. The standard InChI is InChI=1S/C20H30N4OS.HI/c1-4-24(5-2)11-12-25-19-8-6-17(7-9-19)14-22-20(21-3)23-15-18-10-13-26-16-18;/h6-10,13,16H,4-5,11-12,14-15H2,1-3H3,(H2,21,22,23);1H. The third kappa shape index (κ3) is 8.94. The topological polar surface area (TPSA) is 48.9 Å². The van der Waals surface area contributed by atoms with Crippen LogP contribution in [0, 0.1) is 0 Å². The molecule has 150 valence electrons. The summed E-state index contributed by atoms with van der Waals surface area (Å²) in [6, 6.07) is 10.4. The number of aliphatic imine (C=N–C) groups is 1. The number of nitrogens with zero attached hydrogens (tertiary/aromatic N) is 2. The van der Waals surface area contributed by atoms with Gasteiger partial charge in [-0.05, 0) is 53.2 Å². The van der Waals surface area contributed by atoms with E-state index in [1.807, 2.05) is 12.1 Å². The zero-order valence-corrected chi connectivity index (χ0v) is 19.6. The predicted octanol–water partition coefficient (Wildman–Crippen LogP) is 3.95. The van der Waals surface area contributed by atoms with Gasteiger partial charge < -0.3 is 20.3 Å². The van der Waals surface area contributed by atoms with Crippen molar-refractivity contribution in [3.05, 3.63) is 52.2 Å². The van der Waals surface area contributed by atoms with Gasteiger partial charge in [0.1, 0.15) is 12.4 Å². The summed E-state index contributed by atoms with van der Waals surface area (Å²) in [6.07, 6.45) is 0. The lowest BCUT2D eigenvalue weighted by molar-refractivity contribution is 0.223. The number of likely N-dealkylation sites (N-methyl/N-ethyl adjacent to an activating group) is 1. The fraction of sp³-hybridized carbons (Fsp3) is 0.450. The molecule has 0 unspecified atom stereocenters. The van der Waals surface area contributed by atoms with Crippen molar-refractivity contribution in [2.24, 2.45) is 4.99 Å². The first-order valence-electron chi connectivity index (χ1n) is 9.14. The van der Waals surface area contributed by atoms with Crippen molar-refractivity contribution in [1.82, 2.24) is 15.5 Å². The van der Waals surface area contributed by atoms with Crippen LogP contribution in [0.15, 0.2) is 46.1 Å². The Morgan fingerprint density at radius 1 is 1.04 bits per heavy atom. The summed E-state index contributed by atoms with van der Waals surface area (Å²) in [6.45, 7) is 9.66. The van der Waals surface area contributed by atoms with Crippen LogP contribution >= 0.6 is 35.3 Å². The molecule has 2 N–H and O–H groups in total. The van der Waals surface area contributed by atoms with E-state index in [0.717, 1.165) is 51.0 Å². The van der Waals surface area contributed by atoms with Crippen molar-refractivity contribution < 1.29 is 4.74 Å². The van der Waals surface area contributed by atoms with Crippen LogP contribution in [0.3, 0.4) is 0 Å². The average Bonchev–Trinajstić information content (AvgIpc) is 3.20. The first-order valence-corrected chi connectivity index (χ1v) is 10.1. The molecule has 0 saturated carbocycles. The molecule has 0 fully saturated rings. The minimum atomic E-state index is 0. The highest BCUT2D eigenvalue weighted by Gasteiger charge is 2.02. The van der Waals surface area contributed by atoms with Crippen LogP contribution < -0.4 is 15.4 Å². The lowest BCUT2D eigenvalue weighted by Gasteiger charge is -2.18. The third-order valence-electron chi connectivity index (χ3n) is 4.22. The molecule has 0 atom stereocenters. The zero-order valence-electron chi connectivity index (χ0n) is 16.4. The summed E-state index contributed by atoms with van der Waals surface area (Å²) >= 11 is 1.71. The van der Waals surface area contributed by atoms with Gasteiger partial charge in [-0.2, -0.15) is 11.3 Å². The highest BCUT2D eigenvalue weighted by Crippen LogP contribution is 2.12. The van der Waals surface area contributed by atoms with Crippen molar-refractivity contribution in [2.45, 2.75) is 26.9 Å². The number of hydrogen-bond acceptors (Lipinski definition) is 4. The number of halogens is 1. The number of ether oxygens (including phenoxy) is 1. The van der Waals surface area contributed by atoms with E-state index in [4.69, 9.17) is 4.74 Å². The summed E-state index contributed by atoms with van der Waals surface area (Å²) in [5, 5.41) is 10.9. The maximum absolute atomic E-state index is 5.82. The van der Waals surface area contributed by atoms with Gasteiger partial charge in [0.05, 0.1) is 0 Å². The minimum Gasteiger partial charge on any atom is -0.492 e. The van der Waals surface area contributed by atoms with Gasteiger partial charge in [-0.15, -0.1) is 24.0 Å². The van der Waals surface area contributed by atoms with Gasteiger partial charge in [0.15, 0.2) is 5.96 Å². The summed E-state index contributed by atoms with van der Waals surface area (Å²) in [7, 11) is 1.79. The molecule has 0 aliphatic rings. The Morgan fingerprint density at radius 3 is 2.26 bits per heavy atom. The van der Waals surface area contributed by atoms with Crippen LogP contribution in [0.5, 0.6) is 5.75 Å². The molecule has 0 spiro atoms. The molecular weight excluding hydrogens is 471 g/mol. The molecule has 1 heterocycles. The number of guanidine groups is 1. The van der Waals surface area contributed by atoms with Crippen molar-refractivity contribution in [3.8, 4) is 5.75 Å². The van der Waals surface area contributed by atoms with Gasteiger partial charge in [-0.1, -0.05) is 26.0 Å². The Kier molecular flexibility index (Phi) is 12.1. The number of benzene rings is 1. The fourth-order valence-electron chi connectivity index (χ4n) is 2.52. The van der Waals surface area contributed by atoms with Crippen molar-refractivity contribution >= 4 is 41.3 Å². The fourth-order valence-corrected chi connectivity index (χ4v) is 3.19. The van der Waals surface area contributed by atoms with Crippen LogP contribution in [0.25, 0.3) is 0 Å². The van der Waals surface area contributed by atoms with Gasteiger partial charge >= 0.3 is 0 Å². The van der Waals surface area contributed by atoms with Gasteiger partial charge in [-0.25, -0.2) is 0 Å². The first-order chi connectivity index (χ1) is 12.7. The highest BCUT2D eigenvalue weighted by atomic mass is 127. The Labute approximate surface area is 184 Å². The predicted molar refractivity (Wildman–Crippen MR) is 126 cm³/mol. The Morgan fingerprint density at radius 2 is 1.70 bits per heavy atom. The van der Waals surface area contributed by atoms with Crippen LogP contribution in [0.1, 0.15) is 25.0 Å². The van der Waals surface area contributed by atoms with Crippen LogP contribution in [-0.2, 0) is 13.1 Å². The van der Waals surface area contributed by atoms with E-state index >= 15 is 0 Å². The van der Waals surface area contributed by atoms with E-state index in [2.05, 4.69) is 63.3 Å².